The third-order valence-corrected chi connectivity index (χ3v) is 2.40. The van der Waals surface area contributed by atoms with Crippen LogP contribution < -0.4 is 10.1 Å². The van der Waals surface area contributed by atoms with Gasteiger partial charge in [-0.05, 0) is 31.0 Å². The third-order valence-electron chi connectivity index (χ3n) is 2.40. The van der Waals surface area contributed by atoms with E-state index in [-0.39, 0.29) is 12.4 Å². The number of rotatable bonds is 7. The Hall–Kier alpha value is -1.25. The standard InChI is InChI=1S/C15H21NO.ClH/c1-4-9-16-10-5-6-11-17-15-12-13(2)7-8-14(15)3;/h4-8,12,16H,1,9-11H2,2-3H3;1H/b6-5+;. The molecule has 0 fully saturated rings. The zero-order valence-electron chi connectivity index (χ0n) is 11.1. The molecule has 100 valence electrons. The van der Waals surface area contributed by atoms with Crippen LogP contribution in [0.5, 0.6) is 5.75 Å². The number of benzene rings is 1. The van der Waals surface area contributed by atoms with E-state index in [1.165, 1.54) is 11.1 Å². The van der Waals surface area contributed by atoms with E-state index >= 15 is 0 Å². The molecule has 3 heteroatoms. The molecule has 0 aliphatic heterocycles. The first-order chi connectivity index (χ1) is 8.24. The summed E-state index contributed by atoms with van der Waals surface area (Å²) >= 11 is 0. The van der Waals surface area contributed by atoms with E-state index in [2.05, 4.69) is 50.0 Å². The van der Waals surface area contributed by atoms with Crippen LogP contribution in [0, 0.1) is 13.8 Å². The van der Waals surface area contributed by atoms with Crippen molar-refractivity contribution in [1.29, 1.82) is 0 Å². The van der Waals surface area contributed by atoms with Crippen molar-refractivity contribution in [3.05, 3.63) is 54.1 Å². The molecular weight excluding hydrogens is 246 g/mol. The molecule has 0 aliphatic rings. The molecule has 0 saturated carbocycles. The van der Waals surface area contributed by atoms with Gasteiger partial charge in [0.25, 0.3) is 0 Å². The summed E-state index contributed by atoms with van der Waals surface area (Å²) in [6.45, 7) is 10.1. The van der Waals surface area contributed by atoms with Crippen LogP contribution in [-0.2, 0) is 0 Å². The van der Waals surface area contributed by atoms with Gasteiger partial charge >= 0.3 is 0 Å². The van der Waals surface area contributed by atoms with Crippen molar-refractivity contribution in [2.24, 2.45) is 0 Å². The highest BCUT2D eigenvalue weighted by Crippen LogP contribution is 2.18. The van der Waals surface area contributed by atoms with Gasteiger partial charge in [0, 0.05) is 13.1 Å². The van der Waals surface area contributed by atoms with Crippen LogP contribution in [0.2, 0.25) is 0 Å². The monoisotopic (exact) mass is 267 g/mol. The molecule has 0 heterocycles. The van der Waals surface area contributed by atoms with Crippen molar-refractivity contribution in [1.82, 2.24) is 5.32 Å². The fraction of sp³-hybridized carbons (Fsp3) is 0.333. The Morgan fingerprint density at radius 2 is 2.00 bits per heavy atom. The van der Waals surface area contributed by atoms with Crippen molar-refractivity contribution in [2.45, 2.75) is 13.8 Å². The molecule has 0 unspecified atom stereocenters. The lowest BCUT2D eigenvalue weighted by molar-refractivity contribution is 0.359. The first-order valence-electron chi connectivity index (χ1n) is 5.90. The van der Waals surface area contributed by atoms with Crippen molar-refractivity contribution in [3.8, 4) is 5.75 Å². The Balaban J connectivity index is 0.00000289. The summed E-state index contributed by atoms with van der Waals surface area (Å²) in [6, 6.07) is 6.25. The van der Waals surface area contributed by atoms with Crippen LogP contribution in [0.1, 0.15) is 11.1 Å². The summed E-state index contributed by atoms with van der Waals surface area (Å²) in [5.74, 6) is 0.966. The molecule has 0 amide bonds. The van der Waals surface area contributed by atoms with Gasteiger partial charge in [-0.2, -0.15) is 0 Å². The molecule has 0 spiro atoms. The summed E-state index contributed by atoms with van der Waals surface area (Å²) in [6.07, 6.45) is 5.94. The summed E-state index contributed by atoms with van der Waals surface area (Å²) < 4.78 is 5.69. The Bertz CT molecular complexity index is 388. The number of hydrogen-bond donors (Lipinski definition) is 1. The Kier molecular flexibility index (Phi) is 9.07. The van der Waals surface area contributed by atoms with Gasteiger partial charge in [-0.1, -0.05) is 30.4 Å². The lowest BCUT2D eigenvalue weighted by atomic mass is 10.1. The molecule has 1 rings (SSSR count). The predicted molar refractivity (Wildman–Crippen MR) is 80.9 cm³/mol. The molecule has 1 N–H and O–H groups in total. The van der Waals surface area contributed by atoms with E-state index < -0.39 is 0 Å². The normalized spacial score (nSPS) is 10.1. The first-order valence-corrected chi connectivity index (χ1v) is 5.90. The van der Waals surface area contributed by atoms with E-state index in [0.29, 0.717) is 6.61 Å². The van der Waals surface area contributed by atoms with E-state index in [1.54, 1.807) is 0 Å². The van der Waals surface area contributed by atoms with Crippen LogP contribution in [0.15, 0.2) is 43.0 Å². The van der Waals surface area contributed by atoms with Crippen LogP contribution in [0.3, 0.4) is 0 Å². The lowest BCUT2D eigenvalue weighted by Crippen LogP contribution is -2.12. The fourth-order valence-electron chi connectivity index (χ4n) is 1.42. The summed E-state index contributed by atoms with van der Waals surface area (Å²) in [7, 11) is 0. The maximum atomic E-state index is 5.69. The predicted octanol–water partition coefficient (Wildman–Crippen LogP) is 3.44. The van der Waals surface area contributed by atoms with Crippen molar-refractivity contribution in [3.63, 3.8) is 0 Å². The molecule has 0 bridgehead atoms. The molecule has 0 aliphatic carbocycles. The second-order valence-corrected chi connectivity index (χ2v) is 4.00. The highest BCUT2D eigenvalue weighted by molar-refractivity contribution is 5.85. The van der Waals surface area contributed by atoms with Crippen LogP contribution in [0.25, 0.3) is 0 Å². The van der Waals surface area contributed by atoms with Gasteiger partial charge in [0.2, 0.25) is 0 Å². The molecule has 0 radical (unpaired) electrons. The van der Waals surface area contributed by atoms with Gasteiger partial charge in [-0.25, -0.2) is 0 Å². The van der Waals surface area contributed by atoms with Crippen LogP contribution in [0.4, 0.5) is 0 Å². The largest absolute Gasteiger partial charge is 0.489 e. The van der Waals surface area contributed by atoms with Gasteiger partial charge in [-0.15, -0.1) is 19.0 Å². The first kappa shape index (κ1) is 16.8. The third kappa shape index (κ3) is 6.48. The zero-order chi connectivity index (χ0) is 12.5. The molecule has 0 saturated heterocycles. The molecule has 0 aromatic heterocycles. The highest BCUT2D eigenvalue weighted by atomic mass is 35.5. The van der Waals surface area contributed by atoms with Crippen molar-refractivity contribution >= 4 is 12.4 Å². The SMILES string of the molecule is C=CCNC/C=C/COc1cc(C)ccc1C.Cl. The van der Waals surface area contributed by atoms with Gasteiger partial charge < -0.3 is 10.1 Å². The van der Waals surface area contributed by atoms with Gasteiger partial charge in [-0.3, -0.25) is 0 Å². The van der Waals surface area contributed by atoms with Crippen molar-refractivity contribution in [2.75, 3.05) is 19.7 Å². The Morgan fingerprint density at radius 1 is 1.22 bits per heavy atom. The summed E-state index contributed by atoms with van der Waals surface area (Å²) in [5.41, 5.74) is 2.40. The van der Waals surface area contributed by atoms with Crippen LogP contribution in [-0.4, -0.2) is 19.7 Å². The number of ether oxygens (including phenoxy) is 1. The molecule has 18 heavy (non-hydrogen) atoms. The Morgan fingerprint density at radius 3 is 2.72 bits per heavy atom. The quantitative estimate of drug-likeness (QED) is 0.604. The van der Waals surface area contributed by atoms with E-state index in [4.69, 9.17) is 4.74 Å². The van der Waals surface area contributed by atoms with Gasteiger partial charge in [0.1, 0.15) is 12.4 Å². The molecular formula is C15H22ClNO. The van der Waals surface area contributed by atoms with E-state index in [9.17, 15) is 0 Å². The minimum absolute atomic E-state index is 0. The maximum absolute atomic E-state index is 5.69. The minimum atomic E-state index is 0. The number of nitrogens with one attached hydrogen (secondary N) is 1. The van der Waals surface area contributed by atoms with Crippen molar-refractivity contribution < 1.29 is 4.74 Å². The average molecular weight is 268 g/mol. The number of halogens is 1. The minimum Gasteiger partial charge on any atom is -0.489 e. The summed E-state index contributed by atoms with van der Waals surface area (Å²) in [5, 5.41) is 3.19. The average Bonchev–Trinajstić information content (AvgIpc) is 2.32. The maximum Gasteiger partial charge on any atom is 0.122 e. The zero-order valence-corrected chi connectivity index (χ0v) is 11.9. The topological polar surface area (TPSA) is 21.3 Å². The van der Waals surface area contributed by atoms with Gasteiger partial charge in [0.15, 0.2) is 0 Å². The Labute approximate surface area is 116 Å². The second-order valence-electron chi connectivity index (χ2n) is 4.00. The summed E-state index contributed by atoms with van der Waals surface area (Å²) in [4.78, 5) is 0. The number of hydrogen-bond acceptors (Lipinski definition) is 2. The molecule has 1 aromatic carbocycles. The van der Waals surface area contributed by atoms with Gasteiger partial charge in [0.05, 0.1) is 0 Å². The van der Waals surface area contributed by atoms with Crippen LogP contribution >= 0.6 is 12.4 Å². The molecule has 0 atom stereocenters. The smallest absolute Gasteiger partial charge is 0.122 e. The number of aryl methyl sites for hydroxylation is 2. The second kappa shape index (κ2) is 9.75. The molecule has 2 nitrogen and oxygen atoms in total. The fourth-order valence-corrected chi connectivity index (χ4v) is 1.42. The molecule has 1 aromatic rings. The van der Waals surface area contributed by atoms with E-state index in [0.717, 1.165) is 18.8 Å². The van der Waals surface area contributed by atoms with E-state index in [1.807, 2.05) is 12.2 Å². The highest BCUT2D eigenvalue weighted by Gasteiger charge is 1.97. The lowest BCUT2D eigenvalue weighted by Gasteiger charge is -2.07.